The molecule has 5 aliphatic rings. The number of imide groups is 3. The molecule has 40 nitrogen and oxygen atoms in total. The zero-order valence-electron chi connectivity index (χ0n) is 73.5. The van der Waals surface area contributed by atoms with Crippen LogP contribution in [0.5, 0.6) is 17.2 Å². The molecule has 0 bridgehead atoms. The number of amidine groups is 1. The molecule has 4 aliphatic carbocycles. The number of aryl methyl sites for hydroxylation is 6. The Labute approximate surface area is 763 Å². The number of hydrogen-bond acceptors (Lipinski definition) is 31. The monoisotopic (exact) mass is 1820 g/mol. The van der Waals surface area contributed by atoms with E-state index in [9.17, 15) is 72.9 Å². The average molecular weight is 1820 g/mol. The molecular formula is C94H91N19O21. The first-order valence-corrected chi connectivity index (χ1v) is 42.7. The quantitative estimate of drug-likeness (QED) is 0.0131. The number of nitrogens with one attached hydrogen (secondary N) is 6. The molecule has 0 unspecified atom stereocenters. The van der Waals surface area contributed by atoms with Crippen LogP contribution in [0.2, 0.25) is 0 Å². The van der Waals surface area contributed by atoms with Crippen molar-refractivity contribution in [2.24, 2.45) is 4.99 Å². The molecule has 40 heteroatoms. The van der Waals surface area contributed by atoms with E-state index in [1.807, 2.05) is 52.0 Å². The number of rotatable bonds is 27. The van der Waals surface area contributed by atoms with Crippen molar-refractivity contribution in [3.8, 4) is 17.2 Å². The van der Waals surface area contributed by atoms with Crippen LogP contribution in [-0.2, 0) is 28.4 Å². The van der Waals surface area contributed by atoms with Crippen molar-refractivity contribution in [3.05, 3.63) is 261 Å². The van der Waals surface area contributed by atoms with Gasteiger partial charge in [-0.1, -0.05) is 31.2 Å². The van der Waals surface area contributed by atoms with Gasteiger partial charge in [0.1, 0.15) is 58.6 Å². The minimum Gasteiger partial charge on any atom is -0.508 e. The van der Waals surface area contributed by atoms with Crippen LogP contribution in [0.1, 0.15) is 191 Å². The number of hydrogen-bond donors (Lipinski definition) is 9. The fourth-order valence-corrected chi connectivity index (χ4v) is 14.2. The van der Waals surface area contributed by atoms with E-state index in [0.29, 0.717) is 142 Å². The summed E-state index contributed by atoms with van der Waals surface area (Å²) in [6.45, 7) is 11.9. The topological polar surface area (TPSA) is 506 Å². The summed E-state index contributed by atoms with van der Waals surface area (Å²) in [5, 5.41) is 59.4. The van der Waals surface area contributed by atoms with Crippen LogP contribution in [0.25, 0.3) is 16.6 Å². The van der Waals surface area contributed by atoms with Crippen LogP contribution in [0.3, 0.4) is 0 Å². The van der Waals surface area contributed by atoms with Crippen molar-refractivity contribution >= 4 is 129 Å². The molecule has 9 N–H and O–H groups in total. The highest BCUT2D eigenvalue weighted by molar-refractivity contribution is 6.12. The number of carbonyl (C=O) groups is 12. The number of esters is 3. The number of benzene rings is 6. The first-order valence-electron chi connectivity index (χ1n) is 42.7. The van der Waals surface area contributed by atoms with Gasteiger partial charge in [0.15, 0.2) is 17.5 Å². The number of aliphatic imine (C=N–C) groups is 1. The second-order valence-corrected chi connectivity index (χ2v) is 32.0. The first kappa shape index (κ1) is 91.8. The van der Waals surface area contributed by atoms with Gasteiger partial charge in [0.25, 0.3) is 35.4 Å². The Kier molecular flexibility index (Phi) is 27.6. The fourth-order valence-electron chi connectivity index (χ4n) is 14.2. The second-order valence-electron chi connectivity index (χ2n) is 32.0. The zero-order valence-corrected chi connectivity index (χ0v) is 73.5. The van der Waals surface area contributed by atoms with Gasteiger partial charge < -0.3 is 75.6 Å². The molecule has 4 fully saturated rings. The Bertz CT molecular complexity index is 6690. The Balaban J connectivity index is 0.000000153. The van der Waals surface area contributed by atoms with E-state index in [2.05, 4.69) is 67.1 Å². The molecule has 0 spiro atoms. The highest BCUT2D eigenvalue weighted by Gasteiger charge is 2.44. The third kappa shape index (κ3) is 21.6. The summed E-state index contributed by atoms with van der Waals surface area (Å²) < 4.78 is 35.0. The molecule has 7 heterocycles. The zero-order chi connectivity index (χ0) is 94.7. The molecule has 6 aromatic heterocycles. The third-order valence-electron chi connectivity index (χ3n) is 22.2. The van der Waals surface area contributed by atoms with Gasteiger partial charge in [-0.3, -0.25) is 33.8 Å². The van der Waals surface area contributed by atoms with Crippen LogP contribution in [0.4, 0.5) is 48.9 Å². The van der Waals surface area contributed by atoms with Gasteiger partial charge in [-0.2, -0.15) is 15.3 Å². The summed E-state index contributed by atoms with van der Waals surface area (Å²) in [5.74, 6) is -2.96. The van der Waals surface area contributed by atoms with Crippen molar-refractivity contribution in [3.63, 3.8) is 0 Å². The number of amides is 9. The fraction of sp³-hybridized carbons (Fsp3) is 0.266. The minimum absolute atomic E-state index is 0.00780. The van der Waals surface area contributed by atoms with E-state index in [-0.39, 0.29) is 92.5 Å². The Morgan fingerprint density at radius 1 is 0.403 bits per heavy atom. The predicted octanol–water partition coefficient (Wildman–Crippen LogP) is 12.8. The number of phenols is 3. The van der Waals surface area contributed by atoms with E-state index in [0.717, 1.165) is 50.7 Å². The van der Waals surface area contributed by atoms with E-state index in [1.54, 1.807) is 63.2 Å². The van der Waals surface area contributed by atoms with Crippen molar-refractivity contribution in [2.45, 2.75) is 130 Å². The van der Waals surface area contributed by atoms with Crippen LogP contribution < -0.4 is 31.9 Å². The van der Waals surface area contributed by atoms with E-state index in [1.165, 1.54) is 124 Å². The molecule has 9 amide bonds. The number of phenolic OH excluding ortho intramolecular Hbond substituents is 3. The van der Waals surface area contributed by atoms with Crippen molar-refractivity contribution in [1.82, 2.24) is 74.4 Å². The highest BCUT2D eigenvalue weighted by atomic mass is 16.7. The van der Waals surface area contributed by atoms with Crippen molar-refractivity contribution in [2.75, 3.05) is 49.4 Å². The lowest BCUT2D eigenvalue weighted by Gasteiger charge is -2.19. The number of carbonyl (C=O) groups excluding carboxylic acids is 12. The van der Waals surface area contributed by atoms with Gasteiger partial charge in [0.05, 0.1) is 39.9 Å². The molecular weight excluding hydrogens is 1730 g/mol. The minimum atomic E-state index is -0.949. The molecule has 0 saturated heterocycles. The first-order chi connectivity index (χ1) is 64.6. The summed E-state index contributed by atoms with van der Waals surface area (Å²) in [7, 11) is 0. The number of anilines is 6. The Morgan fingerprint density at radius 2 is 0.724 bits per heavy atom. The molecule has 6 aromatic carbocycles. The number of nitrogens with zero attached hydrogens (tertiary/aromatic N) is 13. The molecule has 688 valence electrons. The lowest BCUT2D eigenvalue weighted by Crippen LogP contribution is -2.39. The summed E-state index contributed by atoms with van der Waals surface area (Å²) in [4.78, 5) is 175. The van der Waals surface area contributed by atoms with Crippen molar-refractivity contribution in [1.29, 1.82) is 0 Å². The molecule has 0 atom stereocenters. The van der Waals surface area contributed by atoms with Gasteiger partial charge in [0, 0.05) is 83.1 Å². The summed E-state index contributed by atoms with van der Waals surface area (Å²) >= 11 is 0. The second kappa shape index (κ2) is 40.4. The maximum Gasteiger partial charge on any atom is 0.419 e. The van der Waals surface area contributed by atoms with Crippen LogP contribution in [0.15, 0.2) is 182 Å². The maximum atomic E-state index is 13.7. The smallest absolute Gasteiger partial charge is 0.419 e. The molecule has 17 rings (SSSR count). The third-order valence-corrected chi connectivity index (χ3v) is 22.2. The van der Waals surface area contributed by atoms with Gasteiger partial charge >= 0.3 is 36.2 Å². The molecule has 12 aromatic rings. The average Bonchev–Trinajstić information content (AvgIpc) is 1.62. The number of fused-ring (bicyclic) bond motifs is 3. The van der Waals surface area contributed by atoms with E-state index >= 15 is 0 Å². The van der Waals surface area contributed by atoms with Crippen LogP contribution in [0, 0.1) is 41.5 Å². The van der Waals surface area contributed by atoms with Crippen LogP contribution >= 0.6 is 0 Å². The predicted molar refractivity (Wildman–Crippen MR) is 481 cm³/mol. The molecule has 134 heavy (non-hydrogen) atoms. The number of aromatic hydroxyl groups is 3. The standard InChI is InChI=1S/C32H29N7O7.C31H30N6O7.C31H32N6O7/c1-18-5-6-21(29(41)37-26-4-3-13-33-26)14-25(18)36-28-27-19(2)24(15-38(27)35-16-34-28)30(42)39(22-9-10-22)32(44)46-17-45-31(43)20-7-11-23(40)12-8-20;1-17-3-4-20(28(39)34-21-7-8-21)13-25(17)35-27-26-18(2)24(14-36(26)33-15-32-27)29(40)37(22-9-10-22)31(42)44-16-43-30(41)19-5-11-23(38)12-6-19;1-4-13-32-28(39)21-6-5-18(2)25(14-21)35-27-26-19(3)24(15-36(26)34-16-33-27)29(40)37(22-9-10-22)31(42)44-17-43-30(41)20-7-11-23(38)12-8-20/h3-8,11-12,14-16,22,40H,9-10,13,17H2,1-2H3,(H,33,37,41)(H,34,35,36);3-6,11-15,21-22,38H,7-10,16H2,1-2H3,(H,34,39)(H,32,33,35);5-8,11-12,14-16,22,38H,4,9-10,13,17H2,1-3H3,(H,32,39)(H,33,34,35). The molecule has 0 radical (unpaired) electrons. The lowest BCUT2D eigenvalue weighted by molar-refractivity contribution is -0.0128. The normalized spacial score (nSPS) is 13.4. The van der Waals surface area contributed by atoms with Gasteiger partial charge in [-0.25, -0.2) is 72.0 Å². The van der Waals surface area contributed by atoms with Gasteiger partial charge in [-0.15, -0.1) is 0 Å². The summed E-state index contributed by atoms with van der Waals surface area (Å²) in [5.41, 5.74) is 10.3. The molecule has 4 saturated carbocycles. The van der Waals surface area contributed by atoms with Crippen molar-refractivity contribution < 1.29 is 101 Å². The lowest BCUT2D eigenvalue weighted by atomic mass is 10.1. The van der Waals surface area contributed by atoms with Gasteiger partial charge in [0.2, 0.25) is 20.4 Å². The Morgan fingerprint density at radius 3 is 1.03 bits per heavy atom. The maximum absolute atomic E-state index is 13.7. The van der Waals surface area contributed by atoms with E-state index in [4.69, 9.17) is 28.4 Å². The number of ether oxygens (including phenoxy) is 6. The van der Waals surface area contributed by atoms with E-state index < -0.39 is 74.3 Å². The largest absolute Gasteiger partial charge is 0.508 e. The van der Waals surface area contributed by atoms with Gasteiger partial charge in [-0.05, 0) is 248 Å². The summed E-state index contributed by atoms with van der Waals surface area (Å²) in [6, 6.07) is 31.3. The molecule has 1 aliphatic heterocycles. The summed E-state index contributed by atoms with van der Waals surface area (Å²) in [6.07, 6.45) is 15.8. The Hall–Kier alpha value is -17.0. The highest BCUT2D eigenvalue weighted by Crippen LogP contribution is 2.38. The number of aromatic nitrogens is 9. The SMILES string of the molecule is CCCNC(=O)c1ccc(C)c(Nc2ncnn3cc(C(=O)N(C(=O)OCOC(=O)c4ccc(O)cc4)C4CC4)c(C)c23)c1.Cc1ccc(C(=O)NC2=NCC=C2)cc1Nc1ncnn2cc(C(=O)N(C(=O)OCOC(=O)c3ccc(O)cc3)C3CC3)c(C)c12.Cc1ccc(C(=O)NC2CC2)cc1Nc1ncnn2cc(C(=O)N(C(=O)OCOC(=O)c3ccc(O)cc3)C3CC3)c(C)c12. The van der Waals surface area contributed by atoms with Crippen LogP contribution in [-0.4, -0.2) is 209 Å².